The summed E-state index contributed by atoms with van der Waals surface area (Å²) in [5.74, 6) is 0.509. The van der Waals surface area contributed by atoms with E-state index in [0.717, 1.165) is 11.3 Å². The van der Waals surface area contributed by atoms with Gasteiger partial charge in [-0.1, -0.05) is 55.5 Å². The van der Waals surface area contributed by atoms with Crippen molar-refractivity contribution < 1.29 is 9.53 Å². The lowest BCUT2D eigenvalue weighted by Crippen LogP contribution is -2.37. The number of allylic oxidation sites excluding steroid dienone is 1. The quantitative estimate of drug-likeness (QED) is 0.556. The van der Waals surface area contributed by atoms with E-state index < -0.39 is 6.04 Å². The molecule has 5 nitrogen and oxygen atoms in total. The Morgan fingerprint density at radius 2 is 1.85 bits per heavy atom. The van der Waals surface area contributed by atoms with E-state index in [1.54, 1.807) is 7.11 Å². The van der Waals surface area contributed by atoms with E-state index >= 15 is 0 Å². The van der Waals surface area contributed by atoms with Crippen LogP contribution in [-0.4, -0.2) is 24.8 Å². The van der Waals surface area contributed by atoms with Gasteiger partial charge in [0.15, 0.2) is 0 Å². The fourth-order valence-corrected chi connectivity index (χ4v) is 2.34. The molecule has 0 aliphatic rings. The molecule has 0 aliphatic carbocycles. The number of para-hydroxylation sites is 2. The summed E-state index contributed by atoms with van der Waals surface area (Å²) in [4.78, 5) is 12.4. The number of amides is 1. The number of nitrogens with zero attached hydrogens (tertiary/aromatic N) is 1. The normalized spacial score (nSPS) is 12.7. The van der Waals surface area contributed by atoms with E-state index in [1.165, 1.54) is 0 Å². The third-order valence-corrected chi connectivity index (χ3v) is 3.82. The molecule has 2 aromatic rings. The fraction of sp³-hybridized carbons (Fsp3) is 0.238. The van der Waals surface area contributed by atoms with Gasteiger partial charge < -0.3 is 10.1 Å². The molecule has 2 N–H and O–H groups in total. The minimum Gasteiger partial charge on any atom is -0.495 e. The Kier molecular flexibility index (Phi) is 7.43. The summed E-state index contributed by atoms with van der Waals surface area (Å²) in [5.41, 5.74) is 5.20. The van der Waals surface area contributed by atoms with Crippen molar-refractivity contribution in [3.8, 4) is 5.75 Å². The summed E-state index contributed by atoms with van der Waals surface area (Å²) in [6, 6.07) is 17.0. The van der Waals surface area contributed by atoms with Crippen molar-refractivity contribution in [2.75, 3.05) is 12.4 Å². The second-order valence-corrected chi connectivity index (χ2v) is 5.78. The monoisotopic (exact) mass is 351 g/mol. The van der Waals surface area contributed by atoms with Crippen LogP contribution < -0.4 is 15.5 Å². The Balaban J connectivity index is 1.96. The Hall–Kier alpha value is -3.08. The van der Waals surface area contributed by atoms with E-state index in [9.17, 15) is 4.79 Å². The highest BCUT2D eigenvalue weighted by molar-refractivity contribution is 5.97. The Bertz CT molecular complexity index is 770. The summed E-state index contributed by atoms with van der Waals surface area (Å²) in [6.07, 6.45) is 4.44. The first-order chi connectivity index (χ1) is 12.6. The van der Waals surface area contributed by atoms with E-state index in [1.807, 2.05) is 80.6 Å². The summed E-state index contributed by atoms with van der Waals surface area (Å²) >= 11 is 0. The average molecular weight is 351 g/mol. The van der Waals surface area contributed by atoms with E-state index in [0.29, 0.717) is 17.9 Å². The van der Waals surface area contributed by atoms with Gasteiger partial charge in [-0.3, -0.25) is 4.79 Å². The number of carbonyl (C=O) groups excluding carboxylic acids is 1. The maximum absolute atomic E-state index is 12.4. The lowest BCUT2D eigenvalue weighted by Gasteiger charge is -2.18. The van der Waals surface area contributed by atoms with Crippen LogP contribution >= 0.6 is 0 Å². The van der Waals surface area contributed by atoms with Crippen molar-refractivity contribution >= 4 is 23.4 Å². The van der Waals surface area contributed by atoms with Gasteiger partial charge >= 0.3 is 0 Å². The van der Waals surface area contributed by atoms with E-state index in [4.69, 9.17) is 4.74 Å². The van der Waals surface area contributed by atoms with E-state index in [-0.39, 0.29) is 5.91 Å². The maximum atomic E-state index is 12.4. The van der Waals surface area contributed by atoms with Crippen LogP contribution in [0.3, 0.4) is 0 Å². The van der Waals surface area contributed by atoms with Gasteiger partial charge in [0.2, 0.25) is 0 Å². The van der Waals surface area contributed by atoms with Gasteiger partial charge in [-0.15, -0.1) is 0 Å². The van der Waals surface area contributed by atoms with Crippen LogP contribution in [0.4, 0.5) is 5.69 Å². The highest BCUT2D eigenvalue weighted by Crippen LogP contribution is 2.24. The maximum Gasteiger partial charge on any atom is 0.262 e. The molecule has 0 aromatic heterocycles. The third-order valence-electron chi connectivity index (χ3n) is 3.82. The Labute approximate surface area is 154 Å². The zero-order valence-corrected chi connectivity index (χ0v) is 15.4. The highest BCUT2D eigenvalue weighted by Gasteiger charge is 2.17. The number of nitrogens with one attached hydrogen (secondary N) is 2. The van der Waals surface area contributed by atoms with Crippen LogP contribution in [0.5, 0.6) is 5.75 Å². The predicted octanol–water partition coefficient (Wildman–Crippen LogP) is 4.09. The summed E-state index contributed by atoms with van der Waals surface area (Å²) < 4.78 is 5.31. The van der Waals surface area contributed by atoms with E-state index in [2.05, 4.69) is 15.8 Å². The van der Waals surface area contributed by atoms with Crippen LogP contribution in [0.2, 0.25) is 0 Å². The SMILES string of the molecule is CC[C@@H](Nc1ccccc1OC)C(=O)NN=C(C)/C=C/c1ccccc1. The molecule has 2 aromatic carbocycles. The van der Waals surface area contributed by atoms with Gasteiger partial charge in [-0.25, -0.2) is 5.43 Å². The minimum atomic E-state index is -0.402. The highest BCUT2D eigenvalue weighted by atomic mass is 16.5. The first kappa shape index (κ1) is 19.2. The number of rotatable bonds is 8. The van der Waals surface area contributed by atoms with Crippen molar-refractivity contribution in [1.82, 2.24) is 5.43 Å². The molecular weight excluding hydrogens is 326 g/mol. The van der Waals surface area contributed by atoms with Gasteiger partial charge in [0.25, 0.3) is 5.91 Å². The summed E-state index contributed by atoms with van der Waals surface area (Å²) in [6.45, 7) is 3.78. The minimum absolute atomic E-state index is 0.189. The van der Waals surface area contributed by atoms with Gasteiger partial charge in [-0.05, 0) is 37.1 Å². The van der Waals surface area contributed by atoms with Crippen LogP contribution in [0.1, 0.15) is 25.8 Å². The number of ether oxygens (including phenoxy) is 1. The van der Waals surface area contributed by atoms with Crippen LogP contribution in [0.15, 0.2) is 65.8 Å². The molecular formula is C21H25N3O2. The zero-order valence-electron chi connectivity index (χ0n) is 15.4. The number of anilines is 1. The molecule has 0 heterocycles. The zero-order chi connectivity index (χ0) is 18.8. The number of hydrogen-bond acceptors (Lipinski definition) is 4. The Morgan fingerprint density at radius 1 is 1.15 bits per heavy atom. The standard InChI is InChI=1S/C21H25N3O2/c1-4-18(22-19-12-8-9-13-20(19)26-3)21(25)24-23-16(2)14-15-17-10-6-5-7-11-17/h5-15,18,22H,4H2,1-3H3,(H,24,25)/b15-14+,23-16?/t18-/m1/s1. The average Bonchev–Trinajstić information content (AvgIpc) is 2.69. The predicted molar refractivity (Wildman–Crippen MR) is 107 cm³/mol. The lowest BCUT2D eigenvalue weighted by atomic mass is 10.2. The molecule has 0 bridgehead atoms. The topological polar surface area (TPSA) is 62.7 Å². The van der Waals surface area contributed by atoms with Gasteiger partial charge in [0, 0.05) is 0 Å². The molecule has 0 aliphatic heterocycles. The molecule has 0 saturated carbocycles. The molecule has 2 rings (SSSR count). The molecule has 0 fully saturated rings. The molecule has 0 saturated heterocycles. The number of hydrazone groups is 1. The van der Waals surface area contributed by atoms with Crippen LogP contribution in [0.25, 0.3) is 6.08 Å². The van der Waals surface area contributed by atoms with Gasteiger partial charge in [0.1, 0.15) is 11.8 Å². The molecule has 26 heavy (non-hydrogen) atoms. The number of benzene rings is 2. The second-order valence-electron chi connectivity index (χ2n) is 5.78. The van der Waals surface area contributed by atoms with Crippen LogP contribution in [0, 0.1) is 0 Å². The molecule has 5 heteroatoms. The first-order valence-electron chi connectivity index (χ1n) is 8.61. The number of hydrogen-bond donors (Lipinski definition) is 2. The van der Waals surface area contributed by atoms with Crippen molar-refractivity contribution in [2.24, 2.45) is 5.10 Å². The van der Waals surface area contributed by atoms with Gasteiger partial charge in [0.05, 0.1) is 18.5 Å². The second kappa shape index (κ2) is 10.0. The lowest BCUT2D eigenvalue weighted by molar-refractivity contribution is -0.121. The number of carbonyl (C=O) groups is 1. The van der Waals surface area contributed by atoms with Crippen molar-refractivity contribution in [3.05, 3.63) is 66.2 Å². The van der Waals surface area contributed by atoms with Crippen molar-refractivity contribution in [2.45, 2.75) is 26.3 Å². The summed E-state index contributed by atoms with van der Waals surface area (Å²) in [7, 11) is 1.61. The van der Waals surface area contributed by atoms with Crippen LogP contribution in [-0.2, 0) is 4.79 Å². The van der Waals surface area contributed by atoms with Gasteiger partial charge in [-0.2, -0.15) is 5.10 Å². The molecule has 1 amide bonds. The molecule has 1 atom stereocenters. The largest absolute Gasteiger partial charge is 0.495 e. The first-order valence-corrected chi connectivity index (χ1v) is 8.61. The molecule has 0 radical (unpaired) electrons. The summed E-state index contributed by atoms with van der Waals surface area (Å²) in [5, 5.41) is 7.36. The molecule has 0 spiro atoms. The third kappa shape index (κ3) is 5.77. The van der Waals surface area contributed by atoms with Crippen molar-refractivity contribution in [3.63, 3.8) is 0 Å². The molecule has 0 unspecified atom stereocenters. The smallest absolute Gasteiger partial charge is 0.262 e. The molecule has 136 valence electrons. The van der Waals surface area contributed by atoms with Crippen molar-refractivity contribution in [1.29, 1.82) is 0 Å². The number of methoxy groups -OCH3 is 1. The Morgan fingerprint density at radius 3 is 2.54 bits per heavy atom. The fourth-order valence-electron chi connectivity index (χ4n) is 2.34.